The molecule has 0 radical (unpaired) electrons. The summed E-state index contributed by atoms with van der Waals surface area (Å²) in [5.74, 6) is -3.81. The van der Waals surface area contributed by atoms with E-state index in [0.29, 0.717) is 6.42 Å². The van der Waals surface area contributed by atoms with E-state index in [1.165, 1.54) is 0 Å². The van der Waals surface area contributed by atoms with Gasteiger partial charge in [-0.25, -0.2) is 8.78 Å². The van der Waals surface area contributed by atoms with Crippen molar-refractivity contribution in [1.82, 2.24) is 5.32 Å². The first-order valence-corrected chi connectivity index (χ1v) is 7.77. The van der Waals surface area contributed by atoms with Crippen LogP contribution in [0, 0.1) is 5.92 Å². The molecular formula is C15H21BrF2N2O2. The molecule has 4 nitrogen and oxygen atoms in total. The summed E-state index contributed by atoms with van der Waals surface area (Å²) in [7, 11) is 0. The van der Waals surface area contributed by atoms with E-state index in [-0.39, 0.29) is 19.1 Å². The fraction of sp³-hybridized carbons (Fsp3) is 0.533. The molecule has 2 unspecified atom stereocenters. The van der Waals surface area contributed by atoms with Crippen molar-refractivity contribution in [2.75, 3.05) is 13.2 Å². The highest BCUT2D eigenvalue weighted by atomic mass is 79.9. The highest BCUT2D eigenvalue weighted by molar-refractivity contribution is 9.10. The first-order chi connectivity index (χ1) is 10.2. The van der Waals surface area contributed by atoms with Gasteiger partial charge in [-0.2, -0.15) is 0 Å². The predicted molar refractivity (Wildman–Crippen MR) is 84.6 cm³/mol. The molecule has 7 heteroatoms. The summed E-state index contributed by atoms with van der Waals surface area (Å²) < 4.78 is 26.6. The lowest BCUT2D eigenvalue weighted by atomic mass is 10.00. The highest BCUT2D eigenvalue weighted by Gasteiger charge is 2.28. The first-order valence-electron chi connectivity index (χ1n) is 6.97. The molecule has 0 aromatic heterocycles. The van der Waals surface area contributed by atoms with Crippen LogP contribution in [0.1, 0.15) is 18.9 Å². The second-order valence-corrected chi connectivity index (χ2v) is 6.42. The molecule has 22 heavy (non-hydrogen) atoms. The number of nitrogens with two attached hydrogens (primary N) is 1. The smallest absolute Gasteiger partial charge is 0.247 e. The fourth-order valence-electron chi connectivity index (χ4n) is 2.05. The van der Waals surface area contributed by atoms with E-state index in [9.17, 15) is 18.7 Å². The van der Waals surface area contributed by atoms with E-state index >= 15 is 0 Å². The second kappa shape index (κ2) is 8.55. The molecule has 0 saturated heterocycles. The van der Waals surface area contributed by atoms with Crippen molar-refractivity contribution < 1.29 is 18.7 Å². The fourth-order valence-corrected chi connectivity index (χ4v) is 2.50. The average molecular weight is 379 g/mol. The largest absolute Gasteiger partial charge is 0.396 e. The SMILES string of the molecule is CC(F)(F)CC(N)C(=O)NCC(CO)Cc1cccc(Br)c1. The minimum absolute atomic E-state index is 0.119. The topological polar surface area (TPSA) is 75.4 Å². The number of carbonyl (C=O) groups is 1. The molecule has 1 aromatic carbocycles. The minimum atomic E-state index is -2.98. The Hall–Kier alpha value is -1.05. The van der Waals surface area contributed by atoms with Crippen molar-refractivity contribution in [3.63, 3.8) is 0 Å². The summed E-state index contributed by atoms with van der Waals surface area (Å²) in [6.07, 6.45) is -0.135. The normalized spacial score (nSPS) is 14.5. The van der Waals surface area contributed by atoms with Gasteiger partial charge in [-0.3, -0.25) is 4.79 Å². The number of aliphatic hydroxyl groups is 1. The van der Waals surface area contributed by atoms with Crippen LogP contribution in [0.5, 0.6) is 0 Å². The third kappa shape index (κ3) is 7.29. The Labute approximate surface area is 137 Å². The third-order valence-electron chi connectivity index (χ3n) is 3.15. The molecule has 0 aliphatic carbocycles. The maximum absolute atomic E-state index is 12.8. The number of hydrogen-bond donors (Lipinski definition) is 3. The number of nitrogens with one attached hydrogen (secondary N) is 1. The average Bonchev–Trinajstić information content (AvgIpc) is 2.41. The van der Waals surface area contributed by atoms with E-state index in [2.05, 4.69) is 21.2 Å². The van der Waals surface area contributed by atoms with Gasteiger partial charge in [0.15, 0.2) is 0 Å². The molecule has 124 valence electrons. The molecule has 0 saturated carbocycles. The van der Waals surface area contributed by atoms with E-state index in [1.807, 2.05) is 24.3 Å². The Morgan fingerprint density at radius 1 is 1.50 bits per heavy atom. The zero-order chi connectivity index (χ0) is 16.8. The summed E-state index contributed by atoms with van der Waals surface area (Å²) in [6, 6.07) is 6.35. The van der Waals surface area contributed by atoms with Crippen molar-refractivity contribution in [3.05, 3.63) is 34.3 Å². The van der Waals surface area contributed by atoms with Gasteiger partial charge >= 0.3 is 0 Å². The first kappa shape index (κ1) is 19.0. The van der Waals surface area contributed by atoms with E-state index in [4.69, 9.17) is 5.73 Å². The molecule has 0 spiro atoms. The standard InChI is InChI=1S/C15H21BrF2N2O2/c1-15(17,18)7-13(19)14(22)20-8-11(9-21)5-10-3-2-4-12(16)6-10/h2-4,6,11,13,21H,5,7-9,19H2,1H3,(H,20,22). The van der Waals surface area contributed by atoms with Gasteiger partial charge in [-0.15, -0.1) is 0 Å². The molecule has 0 heterocycles. The maximum Gasteiger partial charge on any atom is 0.247 e. The minimum Gasteiger partial charge on any atom is -0.396 e. The monoisotopic (exact) mass is 378 g/mol. The van der Waals surface area contributed by atoms with Crippen LogP contribution in [0.4, 0.5) is 8.78 Å². The summed E-state index contributed by atoms with van der Waals surface area (Å²) >= 11 is 3.36. The summed E-state index contributed by atoms with van der Waals surface area (Å²) in [5, 5.41) is 11.9. The third-order valence-corrected chi connectivity index (χ3v) is 3.64. The Kier molecular flexibility index (Phi) is 7.38. The van der Waals surface area contributed by atoms with Gasteiger partial charge in [0.05, 0.1) is 6.04 Å². The summed E-state index contributed by atoms with van der Waals surface area (Å²) in [4.78, 5) is 11.7. The molecule has 4 N–H and O–H groups in total. The Morgan fingerprint density at radius 2 is 2.18 bits per heavy atom. The second-order valence-electron chi connectivity index (χ2n) is 5.51. The molecule has 0 aliphatic rings. The van der Waals surface area contributed by atoms with E-state index < -0.39 is 24.3 Å². The Balaban J connectivity index is 2.48. The van der Waals surface area contributed by atoms with Gasteiger partial charge in [0.2, 0.25) is 11.8 Å². The molecule has 2 atom stereocenters. The van der Waals surface area contributed by atoms with Gasteiger partial charge in [0.25, 0.3) is 0 Å². The van der Waals surface area contributed by atoms with Crippen molar-refractivity contribution in [3.8, 4) is 0 Å². The van der Waals surface area contributed by atoms with Gasteiger partial charge in [0, 0.05) is 30.0 Å². The predicted octanol–water partition coefficient (Wildman–Crippen LogP) is 2.09. The molecular weight excluding hydrogens is 358 g/mol. The van der Waals surface area contributed by atoms with E-state index in [1.54, 1.807) is 0 Å². The van der Waals surface area contributed by atoms with Crippen LogP contribution in [0.3, 0.4) is 0 Å². The Morgan fingerprint density at radius 3 is 2.73 bits per heavy atom. The lowest BCUT2D eigenvalue weighted by molar-refractivity contribution is -0.124. The number of carbonyl (C=O) groups excluding carboxylic acids is 1. The number of halogens is 3. The van der Waals surface area contributed by atoms with Crippen molar-refractivity contribution in [2.24, 2.45) is 11.7 Å². The number of hydrogen-bond acceptors (Lipinski definition) is 3. The van der Waals surface area contributed by atoms with Crippen LogP contribution in [0.2, 0.25) is 0 Å². The van der Waals surface area contributed by atoms with Crippen LogP contribution >= 0.6 is 15.9 Å². The lowest BCUT2D eigenvalue weighted by Crippen LogP contribution is -2.45. The van der Waals surface area contributed by atoms with Crippen LogP contribution < -0.4 is 11.1 Å². The number of aliphatic hydroxyl groups excluding tert-OH is 1. The number of benzene rings is 1. The number of alkyl halides is 2. The van der Waals surface area contributed by atoms with Crippen molar-refractivity contribution in [2.45, 2.75) is 31.7 Å². The van der Waals surface area contributed by atoms with Gasteiger partial charge in [0.1, 0.15) is 0 Å². The zero-order valence-electron chi connectivity index (χ0n) is 12.4. The van der Waals surface area contributed by atoms with Crippen LogP contribution in [0.15, 0.2) is 28.7 Å². The summed E-state index contributed by atoms with van der Waals surface area (Å²) in [6.45, 7) is 0.792. The van der Waals surface area contributed by atoms with Gasteiger partial charge < -0.3 is 16.2 Å². The molecule has 1 amide bonds. The molecule has 1 aromatic rings. The van der Waals surface area contributed by atoms with Gasteiger partial charge in [-0.05, 0) is 31.0 Å². The number of rotatable bonds is 8. The van der Waals surface area contributed by atoms with Crippen LogP contribution in [-0.2, 0) is 11.2 Å². The van der Waals surface area contributed by atoms with Crippen molar-refractivity contribution in [1.29, 1.82) is 0 Å². The van der Waals surface area contributed by atoms with E-state index in [0.717, 1.165) is 17.0 Å². The molecule has 0 bridgehead atoms. The lowest BCUT2D eigenvalue weighted by Gasteiger charge is -2.19. The highest BCUT2D eigenvalue weighted by Crippen LogP contribution is 2.18. The number of amides is 1. The van der Waals surface area contributed by atoms with Crippen LogP contribution in [0.25, 0.3) is 0 Å². The van der Waals surface area contributed by atoms with Crippen molar-refractivity contribution >= 4 is 21.8 Å². The maximum atomic E-state index is 12.8. The Bertz CT molecular complexity index is 495. The molecule has 0 fully saturated rings. The molecule has 0 aliphatic heterocycles. The zero-order valence-corrected chi connectivity index (χ0v) is 13.9. The summed E-state index contributed by atoms with van der Waals surface area (Å²) in [5.41, 5.74) is 6.45. The van der Waals surface area contributed by atoms with Gasteiger partial charge in [-0.1, -0.05) is 28.1 Å². The molecule has 1 rings (SSSR count). The quantitative estimate of drug-likeness (QED) is 0.648. The van der Waals surface area contributed by atoms with Crippen LogP contribution in [-0.4, -0.2) is 36.1 Å².